The molecule has 2 radical (unpaired) electrons. The van der Waals surface area contributed by atoms with Gasteiger partial charge >= 0.3 is 32.0 Å². The molecule has 1 saturated heterocycles. The van der Waals surface area contributed by atoms with Crippen molar-refractivity contribution in [2.45, 2.75) is 51.4 Å². The summed E-state index contributed by atoms with van der Waals surface area (Å²) in [6, 6.07) is 0. The van der Waals surface area contributed by atoms with Gasteiger partial charge in [0, 0.05) is 40.2 Å². The summed E-state index contributed by atoms with van der Waals surface area (Å²) in [7, 11) is -21.9. The molecular weight excluding hydrogens is 892 g/mol. The smallest absolute Gasteiger partial charge is 0.549 e. The molecule has 0 saturated carbocycles. The second kappa shape index (κ2) is 18.4. The van der Waals surface area contributed by atoms with Crippen LogP contribution in [0.1, 0.15) is 51.4 Å². The van der Waals surface area contributed by atoms with E-state index in [2.05, 4.69) is 65.9 Å². The number of allylic oxidation sites excluding steroid dienone is 8. The Morgan fingerprint density at radius 3 is 0.824 bits per heavy atom. The average Bonchev–Trinajstić information content (AvgIpc) is 2.48. The van der Waals surface area contributed by atoms with Crippen LogP contribution >= 0.6 is 32.0 Å². The molecule has 3 aliphatic rings. The van der Waals surface area contributed by atoms with Crippen LogP contribution in [-0.2, 0) is 66.6 Å². The van der Waals surface area contributed by atoms with Gasteiger partial charge in [0.15, 0.2) is 0 Å². The van der Waals surface area contributed by atoms with Gasteiger partial charge in [0.05, 0.1) is 0 Å². The van der Waals surface area contributed by atoms with Crippen LogP contribution in [0.25, 0.3) is 0 Å². The molecule has 0 spiro atoms. The van der Waals surface area contributed by atoms with E-state index in [1.54, 1.807) is 0 Å². The first-order valence-electron chi connectivity index (χ1n) is 9.59. The fraction of sp³-hybridized carbons (Fsp3) is 0.500. The van der Waals surface area contributed by atoms with Crippen LogP contribution < -0.4 is 9.79 Å². The number of rotatable bonds is 0. The van der Waals surface area contributed by atoms with Crippen LogP contribution in [0.4, 0.5) is 0 Å². The van der Waals surface area contributed by atoms with Gasteiger partial charge in [-0.3, -0.25) is 9.79 Å². The summed E-state index contributed by atoms with van der Waals surface area (Å²) in [4.78, 5) is 56.1. The summed E-state index contributed by atoms with van der Waals surface area (Å²) in [5, 5.41) is 0. The van der Waals surface area contributed by atoms with Gasteiger partial charge < -0.3 is 9.79 Å². The topological polar surface area (TPSA) is 198 Å². The molecule has 4 N–H and O–H groups in total. The van der Waals surface area contributed by atoms with Crippen molar-refractivity contribution in [3.05, 3.63) is 48.6 Å². The maximum atomic E-state index is 10.8. The van der Waals surface area contributed by atoms with Crippen LogP contribution in [0.3, 0.4) is 0 Å². The van der Waals surface area contributed by atoms with Crippen molar-refractivity contribution in [3.63, 3.8) is 0 Å². The molecule has 0 aromatic heterocycles. The molecule has 1 aliphatic heterocycles. The minimum Gasteiger partial charge on any atom is -0.605 e. The van der Waals surface area contributed by atoms with Crippen molar-refractivity contribution in [3.8, 4) is 0 Å². The number of hydrogen-bond donors (Lipinski definition) is 4. The van der Waals surface area contributed by atoms with Crippen molar-refractivity contribution in [2.24, 2.45) is 0 Å². The molecule has 3 rings (SSSR count). The van der Waals surface area contributed by atoms with E-state index < -0.39 is 32.0 Å². The standard InChI is InChI=1S/2C8H12.2Ir.H4O12P4/c2*1-2-4-6-8-7-5-3-1;;;1-13(2)9-14(3,4)11-16(7,8)12-15(5,6)10-13/h2*1-2,7-8H,3-6H2;;;(H,1,2)(H,3,4)(H,5,6)(H,7,8). The van der Waals surface area contributed by atoms with E-state index in [4.69, 9.17) is 19.6 Å². The van der Waals surface area contributed by atoms with E-state index in [0.29, 0.717) is 0 Å². The molecule has 0 bridgehead atoms. The Hall–Kier alpha value is 1.18. The quantitative estimate of drug-likeness (QED) is 0.204. The zero-order valence-electron chi connectivity index (χ0n) is 17.8. The summed E-state index contributed by atoms with van der Waals surface area (Å²) in [6.07, 6.45) is 28.0. The van der Waals surface area contributed by atoms with Crippen LogP contribution in [0.15, 0.2) is 48.6 Å². The zero-order chi connectivity index (χ0) is 24.1. The molecule has 2 aliphatic carbocycles. The second-order valence-corrected chi connectivity index (χ2v) is 12.8. The van der Waals surface area contributed by atoms with Crippen molar-refractivity contribution < 1.29 is 95.9 Å². The third-order valence-electron chi connectivity index (χ3n) is 3.49. The minimum atomic E-state index is -5.47. The average molecular weight is 921 g/mol. The third kappa shape index (κ3) is 20.3. The van der Waals surface area contributed by atoms with Crippen LogP contribution in [-0.4, -0.2) is 19.6 Å². The van der Waals surface area contributed by atoms with Crippen molar-refractivity contribution in [1.29, 1.82) is 0 Å². The van der Waals surface area contributed by atoms with E-state index in [9.17, 15) is 18.9 Å². The first-order chi connectivity index (χ1) is 14.8. The van der Waals surface area contributed by atoms with Gasteiger partial charge in [0.25, 0.3) is 0 Å². The Labute approximate surface area is 227 Å². The van der Waals surface area contributed by atoms with Crippen molar-refractivity contribution in [1.82, 2.24) is 0 Å². The van der Waals surface area contributed by atoms with Gasteiger partial charge in [-0.25, -0.2) is 9.13 Å². The first kappa shape index (κ1) is 37.3. The molecule has 0 aromatic carbocycles. The molecule has 0 unspecified atom stereocenters. The Morgan fingerprint density at radius 2 is 0.676 bits per heavy atom. The summed E-state index contributed by atoms with van der Waals surface area (Å²) >= 11 is 0. The van der Waals surface area contributed by atoms with E-state index in [1.165, 1.54) is 51.4 Å². The fourth-order valence-corrected chi connectivity index (χ4v) is 8.02. The molecule has 0 atom stereocenters. The maximum Gasteiger partial charge on any atom is 0.549 e. The molecule has 34 heavy (non-hydrogen) atoms. The molecule has 0 aromatic rings. The van der Waals surface area contributed by atoms with Gasteiger partial charge in [0.2, 0.25) is 0 Å². The summed E-state index contributed by atoms with van der Waals surface area (Å²) in [6.45, 7) is 0. The summed E-state index contributed by atoms with van der Waals surface area (Å²) in [5.74, 6) is 0. The SMILES string of the molecule is C1=CCCC=CCC1.C1=CCCC=CCC1.O=P1(O)O[P+]([O-])(O)OP(=O)(O)O[P+]([O-])(O)O1.[Ir].[Ir]. The Bertz CT molecular complexity index is 648. The van der Waals surface area contributed by atoms with Gasteiger partial charge in [-0.1, -0.05) is 65.9 Å². The Morgan fingerprint density at radius 1 is 0.529 bits per heavy atom. The molecular formula is C16H28Ir2O12P4. The van der Waals surface area contributed by atoms with Crippen LogP contribution in [0.5, 0.6) is 0 Å². The maximum absolute atomic E-state index is 10.8. The predicted octanol–water partition coefficient (Wildman–Crippen LogP) is 3.67. The summed E-state index contributed by atoms with van der Waals surface area (Å²) in [5.41, 5.74) is 0. The molecule has 202 valence electrons. The molecule has 1 fully saturated rings. The van der Waals surface area contributed by atoms with Crippen molar-refractivity contribution >= 4 is 32.0 Å². The third-order valence-corrected chi connectivity index (χ3v) is 10.1. The summed E-state index contributed by atoms with van der Waals surface area (Å²) < 4.78 is 35.0. The largest absolute Gasteiger partial charge is 0.605 e. The van der Waals surface area contributed by atoms with Crippen LogP contribution in [0.2, 0.25) is 0 Å². The van der Waals surface area contributed by atoms with Gasteiger partial charge in [-0.2, -0.15) is 9.79 Å². The molecule has 12 nitrogen and oxygen atoms in total. The second-order valence-electron chi connectivity index (χ2n) is 6.40. The normalized spacial score (nSPS) is 35.5. The van der Waals surface area contributed by atoms with E-state index in [0.717, 1.165) is 0 Å². The predicted molar refractivity (Wildman–Crippen MR) is 116 cm³/mol. The van der Waals surface area contributed by atoms with E-state index in [1.807, 2.05) is 0 Å². The molecule has 18 heteroatoms. The monoisotopic (exact) mass is 922 g/mol. The number of hydrogen-bond acceptors (Lipinski definition) is 10. The van der Waals surface area contributed by atoms with Crippen molar-refractivity contribution in [2.75, 3.05) is 0 Å². The van der Waals surface area contributed by atoms with E-state index in [-0.39, 0.29) is 40.2 Å². The van der Waals surface area contributed by atoms with Crippen LogP contribution in [0, 0.1) is 0 Å². The van der Waals surface area contributed by atoms with Gasteiger partial charge in [-0.05, 0) is 51.4 Å². The Kier molecular flexibility index (Phi) is 20.2. The van der Waals surface area contributed by atoms with E-state index >= 15 is 0 Å². The number of phosphoric acid groups is 4. The Balaban J connectivity index is 0. The molecule has 0 amide bonds. The molecule has 1 heterocycles. The van der Waals surface area contributed by atoms with Gasteiger partial charge in [-0.15, -0.1) is 0 Å². The first-order valence-corrected chi connectivity index (χ1v) is 15.6. The van der Waals surface area contributed by atoms with Gasteiger partial charge in [0.1, 0.15) is 0 Å². The zero-order valence-corrected chi connectivity index (χ0v) is 26.2. The fourth-order valence-electron chi connectivity index (χ4n) is 2.29. The minimum absolute atomic E-state index is 0.